The van der Waals surface area contributed by atoms with Crippen LogP contribution in [-0.4, -0.2) is 114 Å². The van der Waals surface area contributed by atoms with Crippen molar-refractivity contribution in [2.24, 2.45) is 0 Å². The molecule has 7 heteroatoms. The van der Waals surface area contributed by atoms with E-state index in [1.54, 1.807) is 0 Å². The molecule has 3 nitrogen and oxygen atoms in total. The second-order valence-corrected chi connectivity index (χ2v) is 0.175. The summed E-state index contributed by atoms with van der Waals surface area (Å²) >= 11 is 6.50. The summed E-state index contributed by atoms with van der Waals surface area (Å²) in [5, 5.41) is 6.95. The van der Waals surface area contributed by atoms with E-state index >= 15 is 0 Å². The Hall–Kier alpha value is 3.70. The van der Waals surface area contributed by atoms with Crippen LogP contribution in [0.2, 0.25) is 0 Å². The van der Waals surface area contributed by atoms with Crippen LogP contribution in [-0.2, 0) is 23.9 Å². The molecular formula is CHBrCuK2O3. The first-order valence-corrected chi connectivity index (χ1v) is 3.03. The largest absolute Gasteiger partial charge is 0 e. The molecule has 0 bridgehead atoms. The third kappa shape index (κ3) is 33.2. The first-order valence-electron chi connectivity index (χ1n) is 0.705. The summed E-state index contributed by atoms with van der Waals surface area (Å²) in [6.45, 7) is 0.736. The van der Waals surface area contributed by atoms with Crippen molar-refractivity contribution in [3.63, 3.8) is 0 Å². The van der Waals surface area contributed by atoms with Crippen molar-refractivity contribution in [2.45, 2.75) is 0 Å². The molecule has 0 heterocycles. The number of rotatable bonds is 1. The normalized spacial score (nSPS) is 3.50. The molecule has 0 unspecified atom stereocenters. The second-order valence-electron chi connectivity index (χ2n) is 0.175. The Morgan fingerprint density at radius 1 is 1.50 bits per heavy atom. The van der Waals surface area contributed by atoms with Gasteiger partial charge in [-0.25, -0.2) is 5.26 Å². The zero-order valence-electron chi connectivity index (χ0n) is 4.44. The molecule has 43 valence electrons. The summed E-state index contributed by atoms with van der Waals surface area (Å²) in [7, 11) is 0. The van der Waals surface area contributed by atoms with Crippen LogP contribution in [0.15, 0.2) is 0 Å². The Labute approximate surface area is 148 Å². The van der Waals surface area contributed by atoms with Crippen LogP contribution in [0.5, 0.6) is 0 Å². The molecule has 0 aromatic carbocycles. The van der Waals surface area contributed by atoms with E-state index in [1.807, 2.05) is 0 Å². The molecule has 0 saturated carbocycles. The topological polar surface area (TPSA) is 46.5 Å². The molecule has 0 atom stereocenters. The van der Waals surface area contributed by atoms with Crippen LogP contribution in [0, 0.1) is 0 Å². The summed E-state index contributed by atoms with van der Waals surface area (Å²) in [6, 6.07) is 0. The molecule has 8 heavy (non-hydrogen) atoms. The molecule has 0 aliphatic carbocycles. The Morgan fingerprint density at radius 2 is 1.62 bits per heavy atom. The van der Waals surface area contributed by atoms with E-state index in [0.29, 0.717) is 0 Å². The third-order valence-electron chi connectivity index (χ3n) is 0.0373. The molecule has 1 N–H and O–H groups in total. The average Bonchev–Trinajstić information content (AvgIpc) is 1.72. The summed E-state index contributed by atoms with van der Waals surface area (Å²) in [5.74, 6) is 0. The van der Waals surface area contributed by atoms with Gasteiger partial charge >= 0.3 is 28.3 Å². The minimum atomic E-state index is 0. The minimum Gasteiger partial charge on any atom is 0 e. The average molecular weight is 283 g/mol. The fraction of sp³-hybridized carbons (Fsp3) is 0. The van der Waals surface area contributed by atoms with Gasteiger partial charge in [-0.1, -0.05) is 0 Å². The Kier molecular flexibility index (Phi) is 87.5. The minimum absolute atomic E-state index is 0. The van der Waals surface area contributed by atoms with E-state index in [1.165, 1.54) is 0 Å². The maximum atomic E-state index is 8.58. The predicted molar refractivity (Wildman–Crippen MR) is 29.8 cm³/mol. The van der Waals surface area contributed by atoms with Gasteiger partial charge in [0, 0.05) is 103 Å². The third-order valence-corrected chi connectivity index (χ3v) is 0.0373. The van der Waals surface area contributed by atoms with Crippen LogP contribution in [0.25, 0.3) is 0 Å². The second kappa shape index (κ2) is 31.0. The zero-order valence-corrected chi connectivity index (χ0v) is 13.2. The van der Waals surface area contributed by atoms with Crippen LogP contribution in [0.4, 0.5) is 0 Å². The Bertz CT molecular complexity index is 31.2. The van der Waals surface area contributed by atoms with Gasteiger partial charge in [0.1, 0.15) is 0 Å². The van der Waals surface area contributed by atoms with Crippen molar-refractivity contribution in [3.8, 4) is 0 Å². The van der Waals surface area contributed by atoms with E-state index in [9.17, 15) is 0 Å². The van der Waals surface area contributed by atoms with E-state index in [4.69, 9.17) is 10.1 Å². The van der Waals surface area contributed by atoms with Gasteiger partial charge in [0.15, 0.2) is 0 Å². The molecule has 0 fully saturated rings. The molecule has 0 rings (SSSR count). The van der Waals surface area contributed by atoms with Crippen molar-refractivity contribution >= 4 is 123 Å². The quantitative estimate of drug-likeness (QED) is 0.309. The van der Waals surface area contributed by atoms with Gasteiger partial charge < -0.3 is 9.68 Å². The molecule has 0 amide bonds. The van der Waals surface area contributed by atoms with E-state index in [-0.39, 0.29) is 103 Å². The number of hydrogen-bond donors (Lipinski definition) is 1. The van der Waals surface area contributed by atoms with E-state index < -0.39 is 0 Å². The van der Waals surface area contributed by atoms with Gasteiger partial charge in [0.05, 0.1) is 0 Å². The standard InChI is InChI=1S/CHO3.BrH.Cu.2K/c2-1-4-3;;;;/h3H;1H;;;/q-1;;+2;;/p-1. The van der Waals surface area contributed by atoms with Gasteiger partial charge in [-0.3, -0.25) is 0 Å². The van der Waals surface area contributed by atoms with Crippen LogP contribution in [0.1, 0.15) is 0 Å². The van der Waals surface area contributed by atoms with E-state index in [2.05, 4.69) is 33.2 Å². The van der Waals surface area contributed by atoms with Gasteiger partial charge in [0.2, 0.25) is 0 Å². The molecule has 0 spiro atoms. The summed E-state index contributed by atoms with van der Waals surface area (Å²) < 4.78 is 0. The van der Waals surface area contributed by atoms with Crippen molar-refractivity contribution < 1.29 is 29.1 Å². The molecular weight excluding hydrogens is 282 g/mol. The van der Waals surface area contributed by atoms with Crippen molar-refractivity contribution in [1.29, 1.82) is 0 Å². The summed E-state index contributed by atoms with van der Waals surface area (Å²) in [6.07, 6.45) is 0. The van der Waals surface area contributed by atoms with Gasteiger partial charge in [-0.15, -0.1) is 0 Å². The smallest absolute Gasteiger partial charge is 0 e. The van der Waals surface area contributed by atoms with Crippen molar-refractivity contribution in [2.75, 3.05) is 0 Å². The van der Waals surface area contributed by atoms with Gasteiger partial charge in [0.25, 0.3) is 0 Å². The maximum Gasteiger partial charge on any atom is 0 e. The van der Waals surface area contributed by atoms with Crippen LogP contribution in [0.3, 0.4) is 0 Å². The number of hydrogen-bond acceptors (Lipinski definition) is 3. The predicted octanol–water partition coefficient (Wildman–Crippen LogP) is -0.375. The first-order chi connectivity index (χ1) is 2.91. The summed E-state index contributed by atoms with van der Waals surface area (Å²) in [5.41, 5.74) is 0. The van der Waals surface area contributed by atoms with E-state index in [0.717, 1.165) is 6.47 Å². The van der Waals surface area contributed by atoms with Crippen molar-refractivity contribution in [1.82, 2.24) is 0 Å². The summed E-state index contributed by atoms with van der Waals surface area (Å²) in [4.78, 5) is 11.3. The molecule has 2 radical (unpaired) electrons. The van der Waals surface area contributed by atoms with Crippen molar-refractivity contribution in [3.05, 3.63) is 0 Å². The molecule has 0 aromatic heterocycles. The van der Waals surface area contributed by atoms with Gasteiger partial charge in [-0.05, 0) is 6.47 Å². The molecule has 0 aliphatic rings. The fourth-order valence-corrected chi connectivity index (χ4v) is 0. The van der Waals surface area contributed by atoms with Gasteiger partial charge in [-0.2, -0.15) is 0 Å². The Balaban J connectivity index is -0.0000000183. The number of carbonyl (C=O) groups excluding carboxylic acids is 1. The Morgan fingerprint density at radius 3 is 1.62 bits per heavy atom. The van der Waals surface area contributed by atoms with Crippen LogP contribution < -0.4 is 0 Å². The maximum absolute atomic E-state index is 8.58. The molecule has 0 saturated heterocycles. The fourth-order valence-electron chi connectivity index (χ4n) is 0. The zero-order chi connectivity index (χ0) is 5.41. The monoisotopic (exact) mass is 281 g/mol. The molecule has 0 aliphatic heterocycles. The first kappa shape index (κ1) is 22.6. The van der Waals surface area contributed by atoms with Crippen LogP contribution >= 0.6 is 14.1 Å². The number of halogens is 1. The molecule has 0 aromatic rings. The SMILES string of the molecule is O=[C-]OO.[Cu+][Br].[K].[K].